The van der Waals surface area contributed by atoms with Gasteiger partial charge in [-0.3, -0.25) is 0 Å². The van der Waals surface area contributed by atoms with Crippen LogP contribution in [0.2, 0.25) is 5.02 Å². The standard InChI is InChI=1S/C17H12ClFN4S3/c1-23-15(13-9-25-16(20-13)14-6-3-7-24-14)21-22-17(23)26-8-10-11(18)4-2-5-12(10)19/h2-7,9H,8H2,1H3. The molecule has 0 aliphatic heterocycles. The van der Waals surface area contributed by atoms with E-state index in [1.54, 1.807) is 34.8 Å². The first kappa shape index (κ1) is 17.7. The molecule has 4 rings (SSSR count). The second-order valence-electron chi connectivity index (χ2n) is 5.37. The number of halogens is 2. The molecule has 0 aliphatic carbocycles. The molecule has 3 aromatic heterocycles. The Morgan fingerprint density at radius 1 is 1.19 bits per heavy atom. The Morgan fingerprint density at radius 3 is 2.85 bits per heavy atom. The summed E-state index contributed by atoms with van der Waals surface area (Å²) in [4.78, 5) is 5.79. The van der Waals surface area contributed by atoms with Crippen LogP contribution in [0.4, 0.5) is 4.39 Å². The van der Waals surface area contributed by atoms with E-state index in [0.717, 1.165) is 15.6 Å². The Morgan fingerprint density at radius 2 is 2.08 bits per heavy atom. The molecule has 0 spiro atoms. The lowest BCUT2D eigenvalue weighted by Crippen LogP contribution is -1.96. The number of benzene rings is 1. The van der Waals surface area contributed by atoms with E-state index >= 15 is 0 Å². The lowest BCUT2D eigenvalue weighted by molar-refractivity contribution is 0.617. The van der Waals surface area contributed by atoms with Crippen LogP contribution in [0.25, 0.3) is 21.4 Å². The van der Waals surface area contributed by atoms with E-state index in [-0.39, 0.29) is 5.82 Å². The van der Waals surface area contributed by atoms with Crippen molar-refractivity contribution < 1.29 is 4.39 Å². The van der Waals surface area contributed by atoms with E-state index in [2.05, 4.69) is 15.2 Å². The van der Waals surface area contributed by atoms with Crippen LogP contribution >= 0.6 is 46.0 Å². The van der Waals surface area contributed by atoms with Crippen LogP contribution < -0.4 is 0 Å². The molecule has 0 amide bonds. The smallest absolute Gasteiger partial charge is 0.191 e. The van der Waals surface area contributed by atoms with Crippen LogP contribution in [0.15, 0.2) is 46.2 Å². The predicted molar refractivity (Wildman–Crippen MR) is 106 cm³/mol. The van der Waals surface area contributed by atoms with Gasteiger partial charge in [0.2, 0.25) is 0 Å². The highest BCUT2D eigenvalue weighted by molar-refractivity contribution is 7.98. The quantitative estimate of drug-likeness (QED) is 0.384. The summed E-state index contributed by atoms with van der Waals surface area (Å²) in [6.45, 7) is 0. The highest BCUT2D eigenvalue weighted by Crippen LogP contribution is 2.33. The summed E-state index contributed by atoms with van der Waals surface area (Å²) in [7, 11) is 1.88. The minimum absolute atomic E-state index is 0.313. The molecular formula is C17H12ClFN4S3. The van der Waals surface area contributed by atoms with Crippen LogP contribution in [0.5, 0.6) is 0 Å². The number of thiophene rings is 1. The van der Waals surface area contributed by atoms with Gasteiger partial charge in [-0.2, -0.15) is 0 Å². The number of thiazole rings is 1. The van der Waals surface area contributed by atoms with Gasteiger partial charge in [0.1, 0.15) is 16.5 Å². The zero-order valence-corrected chi connectivity index (χ0v) is 16.7. The van der Waals surface area contributed by atoms with Gasteiger partial charge in [-0.1, -0.05) is 35.5 Å². The third-order valence-corrected chi connectivity index (χ3v) is 6.99. The van der Waals surface area contributed by atoms with E-state index in [1.807, 2.05) is 34.5 Å². The van der Waals surface area contributed by atoms with Crippen molar-refractivity contribution in [3.8, 4) is 21.4 Å². The first-order chi connectivity index (χ1) is 12.6. The Kier molecular flexibility index (Phi) is 5.08. The zero-order chi connectivity index (χ0) is 18.1. The third-order valence-electron chi connectivity index (χ3n) is 3.71. The summed E-state index contributed by atoms with van der Waals surface area (Å²) in [5, 5.41) is 14.5. The van der Waals surface area contributed by atoms with E-state index in [0.29, 0.717) is 27.3 Å². The van der Waals surface area contributed by atoms with Crippen LogP contribution in [-0.4, -0.2) is 19.7 Å². The predicted octanol–water partition coefficient (Wildman–Crippen LogP) is 5.75. The maximum Gasteiger partial charge on any atom is 0.191 e. The molecule has 1 aromatic carbocycles. The van der Waals surface area contributed by atoms with Crippen LogP contribution in [-0.2, 0) is 12.8 Å². The van der Waals surface area contributed by atoms with Gasteiger partial charge >= 0.3 is 0 Å². The Hall–Kier alpha value is -1.74. The largest absolute Gasteiger partial charge is 0.304 e. The first-order valence-corrected chi connectivity index (χ1v) is 10.7. The molecule has 0 N–H and O–H groups in total. The van der Waals surface area contributed by atoms with Crippen molar-refractivity contribution in [3.05, 3.63) is 57.5 Å². The molecule has 132 valence electrons. The van der Waals surface area contributed by atoms with Gasteiger partial charge in [0, 0.05) is 28.8 Å². The van der Waals surface area contributed by atoms with Gasteiger partial charge in [0.15, 0.2) is 11.0 Å². The summed E-state index contributed by atoms with van der Waals surface area (Å²) >= 11 is 10.7. The molecule has 3 heterocycles. The number of hydrogen-bond donors (Lipinski definition) is 0. The zero-order valence-electron chi connectivity index (χ0n) is 13.5. The normalized spacial score (nSPS) is 11.2. The summed E-state index contributed by atoms with van der Waals surface area (Å²) in [5.41, 5.74) is 1.25. The molecule has 0 aliphatic rings. The average molecular weight is 423 g/mol. The molecular weight excluding hydrogens is 411 g/mol. The van der Waals surface area contributed by atoms with Gasteiger partial charge in [-0.15, -0.1) is 32.9 Å². The molecule has 0 fully saturated rings. The van der Waals surface area contributed by atoms with Gasteiger partial charge < -0.3 is 4.57 Å². The lowest BCUT2D eigenvalue weighted by Gasteiger charge is -2.05. The topological polar surface area (TPSA) is 43.6 Å². The van der Waals surface area contributed by atoms with Crippen molar-refractivity contribution in [2.75, 3.05) is 0 Å². The minimum Gasteiger partial charge on any atom is -0.304 e. The molecule has 0 radical (unpaired) electrons. The number of hydrogen-bond acceptors (Lipinski definition) is 6. The fraction of sp³-hybridized carbons (Fsp3) is 0.118. The highest BCUT2D eigenvalue weighted by Gasteiger charge is 2.16. The maximum atomic E-state index is 13.9. The summed E-state index contributed by atoms with van der Waals surface area (Å²) in [5.74, 6) is 0.758. The molecule has 0 unspecified atom stereocenters. The van der Waals surface area contributed by atoms with Crippen molar-refractivity contribution in [3.63, 3.8) is 0 Å². The average Bonchev–Trinajstić information content (AvgIpc) is 3.35. The Bertz CT molecular complexity index is 1020. The molecule has 0 atom stereocenters. The van der Waals surface area contributed by atoms with Crippen LogP contribution in [0.1, 0.15) is 5.56 Å². The summed E-state index contributed by atoms with van der Waals surface area (Å²) in [6, 6.07) is 8.74. The molecule has 0 saturated carbocycles. The third kappa shape index (κ3) is 3.42. The first-order valence-electron chi connectivity index (χ1n) is 7.58. The van der Waals surface area contributed by atoms with Crippen molar-refractivity contribution >= 4 is 46.0 Å². The molecule has 9 heteroatoms. The fourth-order valence-corrected chi connectivity index (χ4v) is 5.23. The molecule has 4 aromatic rings. The highest BCUT2D eigenvalue weighted by atomic mass is 35.5. The second kappa shape index (κ2) is 7.48. The van der Waals surface area contributed by atoms with E-state index in [9.17, 15) is 4.39 Å². The SMILES string of the molecule is Cn1c(SCc2c(F)cccc2Cl)nnc1-c1csc(-c2cccs2)n1. The molecule has 26 heavy (non-hydrogen) atoms. The van der Waals surface area contributed by atoms with Crippen LogP contribution in [0, 0.1) is 5.82 Å². The van der Waals surface area contributed by atoms with Gasteiger partial charge in [-0.05, 0) is 23.6 Å². The lowest BCUT2D eigenvalue weighted by atomic mass is 10.2. The molecule has 0 bridgehead atoms. The van der Waals surface area contributed by atoms with Gasteiger partial charge in [0.25, 0.3) is 0 Å². The van der Waals surface area contributed by atoms with E-state index in [4.69, 9.17) is 11.6 Å². The molecule has 0 saturated heterocycles. The number of rotatable bonds is 5. The van der Waals surface area contributed by atoms with Crippen molar-refractivity contribution in [1.82, 2.24) is 19.7 Å². The van der Waals surface area contributed by atoms with E-state index < -0.39 is 0 Å². The molecule has 4 nitrogen and oxygen atoms in total. The van der Waals surface area contributed by atoms with Gasteiger partial charge in [0.05, 0.1) is 4.88 Å². The number of aromatic nitrogens is 4. The Balaban J connectivity index is 1.55. The van der Waals surface area contributed by atoms with Crippen molar-refractivity contribution in [2.45, 2.75) is 10.9 Å². The number of nitrogens with zero attached hydrogens (tertiary/aromatic N) is 4. The fourth-order valence-electron chi connectivity index (χ4n) is 2.36. The number of thioether (sulfide) groups is 1. The summed E-state index contributed by atoms with van der Waals surface area (Å²) < 4.78 is 15.8. The second-order valence-corrected chi connectivity index (χ2v) is 8.52. The minimum atomic E-state index is -0.313. The Labute approximate surface area is 166 Å². The van der Waals surface area contributed by atoms with Crippen molar-refractivity contribution in [2.24, 2.45) is 7.05 Å². The van der Waals surface area contributed by atoms with Gasteiger partial charge in [-0.25, -0.2) is 9.37 Å². The summed E-state index contributed by atoms with van der Waals surface area (Å²) in [6.07, 6.45) is 0. The monoisotopic (exact) mass is 422 g/mol. The van der Waals surface area contributed by atoms with Crippen molar-refractivity contribution in [1.29, 1.82) is 0 Å². The van der Waals surface area contributed by atoms with Crippen LogP contribution in [0.3, 0.4) is 0 Å². The maximum absolute atomic E-state index is 13.9. The van der Waals surface area contributed by atoms with E-state index in [1.165, 1.54) is 17.8 Å².